The number of carbonyl (C=O) groups is 2. The van der Waals surface area contributed by atoms with E-state index in [1.165, 1.54) is 11.8 Å². The van der Waals surface area contributed by atoms with Crippen molar-refractivity contribution in [1.82, 2.24) is 0 Å². The summed E-state index contributed by atoms with van der Waals surface area (Å²) in [6.45, 7) is 8.35. The highest BCUT2D eigenvalue weighted by molar-refractivity contribution is 8.14. The fraction of sp³-hybridized carbons (Fsp3) is 0.867. The minimum absolute atomic E-state index is 0.0207. The van der Waals surface area contributed by atoms with Crippen LogP contribution in [0.15, 0.2) is 0 Å². The largest absolute Gasteiger partial charge is 0.466 e. The van der Waals surface area contributed by atoms with E-state index in [1.807, 2.05) is 27.7 Å². The number of unbranched alkanes of at least 4 members (excludes halogenated alkanes) is 1. The summed E-state index contributed by atoms with van der Waals surface area (Å²) in [5, 5.41) is 9.79. The van der Waals surface area contributed by atoms with Gasteiger partial charge in [-0.3, -0.25) is 9.59 Å². The van der Waals surface area contributed by atoms with Crippen molar-refractivity contribution in [2.24, 2.45) is 0 Å². The maximum atomic E-state index is 11.7. The molecule has 0 unspecified atom stereocenters. The average molecular weight is 304 g/mol. The monoisotopic (exact) mass is 304 g/mol. The molecular formula is C15H28O4S. The molecule has 0 rings (SSSR count). The maximum absolute atomic E-state index is 11.7. The van der Waals surface area contributed by atoms with Gasteiger partial charge in [-0.2, -0.15) is 0 Å². The van der Waals surface area contributed by atoms with Gasteiger partial charge < -0.3 is 9.84 Å². The number of carbonyl (C=O) groups excluding carboxylic acids is 2. The Morgan fingerprint density at radius 1 is 1.25 bits per heavy atom. The Labute approximate surface area is 126 Å². The van der Waals surface area contributed by atoms with Crippen molar-refractivity contribution in [1.29, 1.82) is 0 Å². The lowest BCUT2D eigenvalue weighted by atomic mass is 10.1. The third kappa shape index (κ3) is 12.5. The Balaban J connectivity index is 3.66. The summed E-state index contributed by atoms with van der Waals surface area (Å²) in [6.07, 6.45) is 2.77. The number of aliphatic hydroxyl groups is 1. The first-order chi connectivity index (χ1) is 9.24. The first kappa shape index (κ1) is 19.4. The van der Waals surface area contributed by atoms with Crippen LogP contribution in [-0.2, 0) is 14.3 Å². The number of hydrogen-bond donors (Lipinski definition) is 1. The highest BCUT2D eigenvalue weighted by atomic mass is 32.2. The van der Waals surface area contributed by atoms with Crippen LogP contribution in [-0.4, -0.2) is 33.6 Å². The van der Waals surface area contributed by atoms with E-state index in [0.717, 1.165) is 12.8 Å². The van der Waals surface area contributed by atoms with Gasteiger partial charge in [0.25, 0.3) is 0 Å². The molecule has 0 spiro atoms. The number of ether oxygens (including phenoxy) is 1. The van der Waals surface area contributed by atoms with Gasteiger partial charge in [-0.15, -0.1) is 0 Å². The second-order valence-electron chi connectivity index (χ2n) is 5.91. The van der Waals surface area contributed by atoms with Crippen molar-refractivity contribution in [3.05, 3.63) is 0 Å². The number of aliphatic hydroxyl groups excluding tert-OH is 1. The molecule has 20 heavy (non-hydrogen) atoms. The molecule has 0 saturated heterocycles. The third-order valence-electron chi connectivity index (χ3n) is 2.46. The Morgan fingerprint density at radius 3 is 2.45 bits per heavy atom. The molecule has 0 bridgehead atoms. The van der Waals surface area contributed by atoms with Crippen molar-refractivity contribution in [3.63, 3.8) is 0 Å². The fourth-order valence-corrected chi connectivity index (χ4v) is 2.57. The second kappa shape index (κ2) is 10.2. The van der Waals surface area contributed by atoms with Crippen molar-refractivity contribution >= 4 is 22.8 Å². The predicted octanol–water partition coefficient (Wildman–Crippen LogP) is 3.31. The topological polar surface area (TPSA) is 63.6 Å². The first-order valence-electron chi connectivity index (χ1n) is 7.30. The van der Waals surface area contributed by atoms with E-state index in [0.29, 0.717) is 25.9 Å². The van der Waals surface area contributed by atoms with Gasteiger partial charge in [-0.05, 0) is 19.3 Å². The van der Waals surface area contributed by atoms with Crippen molar-refractivity contribution in [2.45, 2.75) is 77.1 Å². The maximum Gasteiger partial charge on any atom is 0.305 e. The van der Waals surface area contributed by atoms with Crippen LogP contribution in [0, 0.1) is 0 Å². The van der Waals surface area contributed by atoms with E-state index in [4.69, 9.17) is 4.74 Å². The van der Waals surface area contributed by atoms with Crippen LogP contribution in [0.1, 0.15) is 66.2 Å². The summed E-state index contributed by atoms with van der Waals surface area (Å²) >= 11 is 1.27. The molecule has 0 aromatic rings. The van der Waals surface area contributed by atoms with Crippen LogP contribution < -0.4 is 0 Å². The molecule has 0 aliphatic heterocycles. The molecule has 4 nitrogen and oxygen atoms in total. The molecular weight excluding hydrogens is 276 g/mol. The van der Waals surface area contributed by atoms with Gasteiger partial charge in [0, 0.05) is 17.6 Å². The second-order valence-corrected chi connectivity index (χ2v) is 7.79. The van der Waals surface area contributed by atoms with Gasteiger partial charge in [0.2, 0.25) is 0 Å². The van der Waals surface area contributed by atoms with E-state index in [1.54, 1.807) is 0 Å². The lowest BCUT2D eigenvalue weighted by Crippen LogP contribution is -2.17. The van der Waals surface area contributed by atoms with Gasteiger partial charge in [0.05, 0.1) is 12.7 Å². The van der Waals surface area contributed by atoms with Gasteiger partial charge >= 0.3 is 5.97 Å². The van der Waals surface area contributed by atoms with Crippen LogP contribution in [0.2, 0.25) is 0 Å². The number of rotatable bonds is 9. The Kier molecular flexibility index (Phi) is 9.94. The normalized spacial score (nSPS) is 13.1. The molecule has 0 aliphatic carbocycles. The summed E-state index contributed by atoms with van der Waals surface area (Å²) in [4.78, 5) is 22.9. The Morgan fingerprint density at radius 2 is 1.90 bits per heavy atom. The molecule has 1 atom stereocenters. The molecule has 118 valence electrons. The highest BCUT2D eigenvalue weighted by Gasteiger charge is 2.19. The van der Waals surface area contributed by atoms with Crippen LogP contribution in [0.4, 0.5) is 0 Å². The minimum atomic E-state index is -0.607. The molecule has 0 aliphatic rings. The number of hydrogen-bond acceptors (Lipinski definition) is 5. The van der Waals surface area contributed by atoms with Gasteiger partial charge in [-0.25, -0.2) is 0 Å². The van der Waals surface area contributed by atoms with E-state index in [-0.39, 0.29) is 22.3 Å². The van der Waals surface area contributed by atoms with Crippen LogP contribution >= 0.6 is 11.8 Å². The van der Waals surface area contributed by atoms with E-state index >= 15 is 0 Å². The molecule has 0 fully saturated rings. The molecule has 1 N–H and O–H groups in total. The lowest BCUT2D eigenvalue weighted by Gasteiger charge is -2.17. The van der Waals surface area contributed by atoms with Crippen molar-refractivity contribution in [2.75, 3.05) is 6.61 Å². The smallest absolute Gasteiger partial charge is 0.305 e. The Hall–Kier alpha value is -0.550. The first-order valence-corrected chi connectivity index (χ1v) is 8.11. The zero-order valence-electron chi connectivity index (χ0n) is 13.1. The van der Waals surface area contributed by atoms with Gasteiger partial charge in [0.15, 0.2) is 5.12 Å². The molecule has 0 radical (unpaired) electrons. The van der Waals surface area contributed by atoms with Crippen molar-refractivity contribution in [3.8, 4) is 0 Å². The molecule has 0 saturated carbocycles. The minimum Gasteiger partial charge on any atom is -0.466 e. The predicted molar refractivity (Wildman–Crippen MR) is 82.7 cm³/mol. The Bertz CT molecular complexity index is 297. The summed E-state index contributed by atoms with van der Waals surface area (Å²) in [5.41, 5.74) is 0. The molecule has 0 heterocycles. The zero-order chi connectivity index (χ0) is 15.6. The lowest BCUT2D eigenvalue weighted by molar-refractivity contribution is -0.143. The quantitative estimate of drug-likeness (QED) is 0.523. The number of esters is 1. The van der Waals surface area contributed by atoms with Crippen LogP contribution in [0.5, 0.6) is 0 Å². The molecule has 0 aromatic carbocycles. The summed E-state index contributed by atoms with van der Waals surface area (Å²) in [7, 11) is 0. The van der Waals surface area contributed by atoms with Gasteiger partial charge in [0.1, 0.15) is 0 Å². The standard InChI is InChI=1S/C15H28O4S/c1-5-10-19-13(17)9-7-6-8-12(16)11-14(18)20-15(2,3)4/h12,16H,5-11H2,1-4H3/t12-/m0/s1. The van der Waals surface area contributed by atoms with E-state index in [9.17, 15) is 14.7 Å². The number of thioether (sulfide) groups is 1. The molecule has 5 heteroatoms. The third-order valence-corrected chi connectivity index (χ3v) is 3.46. The van der Waals surface area contributed by atoms with Crippen LogP contribution in [0.3, 0.4) is 0 Å². The molecule has 0 aromatic heterocycles. The zero-order valence-corrected chi connectivity index (χ0v) is 13.9. The SMILES string of the molecule is CCCOC(=O)CCCC[C@H](O)CC(=O)SC(C)(C)C. The fourth-order valence-electron chi connectivity index (χ4n) is 1.61. The average Bonchev–Trinajstić information content (AvgIpc) is 2.29. The summed E-state index contributed by atoms with van der Waals surface area (Å²) in [6, 6.07) is 0. The highest BCUT2D eigenvalue weighted by Crippen LogP contribution is 2.26. The van der Waals surface area contributed by atoms with Crippen LogP contribution in [0.25, 0.3) is 0 Å². The van der Waals surface area contributed by atoms with Gasteiger partial charge in [-0.1, -0.05) is 45.9 Å². The van der Waals surface area contributed by atoms with E-state index < -0.39 is 6.10 Å². The summed E-state index contributed by atoms with van der Waals surface area (Å²) < 4.78 is 4.85. The molecule has 0 amide bonds. The van der Waals surface area contributed by atoms with Crippen molar-refractivity contribution < 1.29 is 19.4 Å². The summed E-state index contributed by atoms with van der Waals surface area (Å²) in [5.74, 6) is -0.180. The van der Waals surface area contributed by atoms with E-state index in [2.05, 4.69) is 0 Å².